The maximum atomic E-state index is 5.55. The fraction of sp³-hybridized carbons (Fsp3) is 0.727. The predicted octanol–water partition coefficient (Wildman–Crippen LogP) is 2.22. The molecule has 15 heavy (non-hydrogen) atoms. The molecule has 1 atom stereocenters. The lowest BCUT2D eigenvalue weighted by Crippen LogP contribution is -2.20. The maximum Gasteiger partial charge on any atom is 0.145 e. The molecule has 0 saturated carbocycles. The highest BCUT2D eigenvalue weighted by Crippen LogP contribution is 2.21. The summed E-state index contributed by atoms with van der Waals surface area (Å²) in [5.74, 6) is 0.584. The van der Waals surface area contributed by atoms with Crippen molar-refractivity contribution in [2.45, 2.75) is 45.6 Å². The van der Waals surface area contributed by atoms with Crippen LogP contribution < -0.4 is 11.1 Å². The monoisotopic (exact) mass is 210 g/mol. The van der Waals surface area contributed by atoms with Gasteiger partial charge in [-0.3, -0.25) is 5.10 Å². The van der Waals surface area contributed by atoms with E-state index < -0.39 is 0 Å². The summed E-state index contributed by atoms with van der Waals surface area (Å²) in [5.41, 5.74) is 6.68. The zero-order valence-electron chi connectivity index (χ0n) is 9.71. The van der Waals surface area contributed by atoms with E-state index in [0.29, 0.717) is 11.9 Å². The summed E-state index contributed by atoms with van der Waals surface area (Å²) in [6.07, 6.45) is 5.07. The molecule has 86 valence electrons. The number of nitrogens with two attached hydrogens (primary N) is 1. The third-order valence-corrected chi connectivity index (χ3v) is 2.55. The Balaban J connectivity index is 0.000000531. The number of rotatable bonds is 1. The second-order valence-corrected chi connectivity index (χ2v) is 3.60. The van der Waals surface area contributed by atoms with Gasteiger partial charge in [0, 0.05) is 12.1 Å². The Morgan fingerprint density at radius 3 is 2.80 bits per heavy atom. The first-order valence-electron chi connectivity index (χ1n) is 5.90. The van der Waals surface area contributed by atoms with Crippen LogP contribution in [0.25, 0.3) is 0 Å². The number of nitrogen functional groups attached to an aromatic ring is 1. The zero-order chi connectivity index (χ0) is 11.1. The summed E-state index contributed by atoms with van der Waals surface area (Å²) in [7, 11) is 0. The molecule has 0 radical (unpaired) electrons. The van der Waals surface area contributed by atoms with Crippen molar-refractivity contribution in [3.05, 3.63) is 11.8 Å². The van der Waals surface area contributed by atoms with Gasteiger partial charge in [-0.25, -0.2) is 0 Å². The summed E-state index contributed by atoms with van der Waals surface area (Å²) in [6, 6.07) is 2.34. The van der Waals surface area contributed by atoms with Crippen molar-refractivity contribution in [3.63, 3.8) is 0 Å². The van der Waals surface area contributed by atoms with Crippen LogP contribution in [0.3, 0.4) is 0 Å². The molecule has 1 aliphatic heterocycles. The molecular weight excluding hydrogens is 188 g/mol. The van der Waals surface area contributed by atoms with Crippen LogP contribution in [0, 0.1) is 0 Å². The normalized spacial score (nSPS) is 21.3. The largest absolute Gasteiger partial charge is 0.382 e. The maximum absolute atomic E-state index is 5.55. The van der Waals surface area contributed by atoms with Gasteiger partial charge in [-0.15, -0.1) is 0 Å². The second kappa shape index (κ2) is 6.45. The molecule has 1 unspecified atom stereocenters. The molecule has 1 aromatic heterocycles. The summed E-state index contributed by atoms with van der Waals surface area (Å²) in [5, 5.41) is 10.4. The van der Waals surface area contributed by atoms with Crippen molar-refractivity contribution in [2.75, 3.05) is 12.3 Å². The second-order valence-electron chi connectivity index (χ2n) is 3.60. The standard InChI is InChI=1S/C9H16N4.C2H6/c10-9-6-8(12-13-9)7-4-2-1-3-5-11-7;1-2/h6-7,11H,1-5H2,(H3,10,12,13);1-2H3. The van der Waals surface area contributed by atoms with Crippen LogP contribution in [0.4, 0.5) is 5.82 Å². The molecule has 0 spiro atoms. The van der Waals surface area contributed by atoms with Crippen LogP contribution in [0.1, 0.15) is 51.3 Å². The smallest absolute Gasteiger partial charge is 0.145 e. The van der Waals surface area contributed by atoms with Crippen molar-refractivity contribution < 1.29 is 0 Å². The number of aromatic amines is 1. The molecule has 1 saturated heterocycles. The van der Waals surface area contributed by atoms with Gasteiger partial charge in [-0.2, -0.15) is 5.10 Å². The summed E-state index contributed by atoms with van der Waals surface area (Å²) in [6.45, 7) is 5.10. The Kier molecular flexibility index (Phi) is 5.18. The zero-order valence-corrected chi connectivity index (χ0v) is 9.71. The molecule has 0 aliphatic carbocycles. The number of nitrogens with one attached hydrogen (secondary N) is 2. The van der Waals surface area contributed by atoms with Gasteiger partial charge in [0.25, 0.3) is 0 Å². The van der Waals surface area contributed by atoms with E-state index in [0.717, 1.165) is 12.2 Å². The molecule has 4 N–H and O–H groups in total. The summed E-state index contributed by atoms with van der Waals surface area (Å²) >= 11 is 0. The average molecular weight is 210 g/mol. The molecule has 1 aromatic rings. The number of anilines is 1. The lowest BCUT2D eigenvalue weighted by atomic mass is 10.1. The van der Waals surface area contributed by atoms with Crippen molar-refractivity contribution in [3.8, 4) is 0 Å². The molecule has 0 bridgehead atoms. The van der Waals surface area contributed by atoms with Crippen molar-refractivity contribution in [2.24, 2.45) is 0 Å². The molecule has 4 heteroatoms. The molecule has 2 heterocycles. The first-order valence-corrected chi connectivity index (χ1v) is 5.90. The van der Waals surface area contributed by atoms with E-state index in [-0.39, 0.29) is 0 Å². The van der Waals surface area contributed by atoms with Crippen LogP contribution in [0.15, 0.2) is 6.07 Å². The molecule has 4 nitrogen and oxygen atoms in total. The van der Waals surface area contributed by atoms with Crippen LogP contribution in [0.5, 0.6) is 0 Å². The SMILES string of the molecule is CC.Nc1cc(C2CCCCCN2)[nH]n1. The molecule has 2 rings (SSSR count). The van der Waals surface area contributed by atoms with E-state index in [9.17, 15) is 0 Å². The minimum absolute atomic E-state index is 0.423. The van der Waals surface area contributed by atoms with Gasteiger partial charge in [0.15, 0.2) is 0 Å². The quantitative estimate of drug-likeness (QED) is 0.666. The summed E-state index contributed by atoms with van der Waals surface area (Å²) < 4.78 is 0. The van der Waals surface area contributed by atoms with E-state index in [1.165, 1.54) is 25.7 Å². The number of H-pyrrole nitrogens is 1. The highest BCUT2D eigenvalue weighted by Gasteiger charge is 2.14. The van der Waals surface area contributed by atoms with Crippen LogP contribution in [-0.4, -0.2) is 16.7 Å². The Bertz CT molecular complexity index is 261. The number of hydrogen-bond donors (Lipinski definition) is 3. The molecule has 0 amide bonds. The first-order chi connectivity index (χ1) is 7.36. The highest BCUT2D eigenvalue weighted by molar-refractivity contribution is 5.29. The average Bonchev–Trinajstić information content (AvgIpc) is 2.57. The number of hydrogen-bond acceptors (Lipinski definition) is 3. The van der Waals surface area contributed by atoms with Gasteiger partial charge in [0.1, 0.15) is 5.82 Å². The molecule has 1 fully saturated rings. The minimum Gasteiger partial charge on any atom is -0.382 e. The van der Waals surface area contributed by atoms with E-state index in [1.807, 2.05) is 19.9 Å². The fourth-order valence-corrected chi connectivity index (χ4v) is 1.83. The Morgan fingerprint density at radius 2 is 2.13 bits per heavy atom. The van der Waals surface area contributed by atoms with Crippen LogP contribution in [-0.2, 0) is 0 Å². The summed E-state index contributed by atoms with van der Waals surface area (Å²) in [4.78, 5) is 0. The van der Waals surface area contributed by atoms with Gasteiger partial charge in [0.05, 0.1) is 5.69 Å². The first kappa shape index (κ1) is 12.0. The topological polar surface area (TPSA) is 66.7 Å². The van der Waals surface area contributed by atoms with Gasteiger partial charge in [0.2, 0.25) is 0 Å². The third kappa shape index (κ3) is 3.55. The lowest BCUT2D eigenvalue weighted by molar-refractivity contribution is 0.521. The van der Waals surface area contributed by atoms with Gasteiger partial charge in [-0.1, -0.05) is 26.7 Å². The van der Waals surface area contributed by atoms with Crippen LogP contribution >= 0.6 is 0 Å². The Morgan fingerprint density at radius 1 is 1.33 bits per heavy atom. The van der Waals surface area contributed by atoms with Crippen molar-refractivity contribution in [1.82, 2.24) is 15.5 Å². The van der Waals surface area contributed by atoms with E-state index >= 15 is 0 Å². The fourth-order valence-electron chi connectivity index (χ4n) is 1.83. The Hall–Kier alpha value is -1.03. The van der Waals surface area contributed by atoms with E-state index in [1.54, 1.807) is 0 Å². The van der Waals surface area contributed by atoms with E-state index in [4.69, 9.17) is 5.73 Å². The molecular formula is C11H22N4. The molecule has 1 aliphatic rings. The lowest BCUT2D eigenvalue weighted by Gasteiger charge is -2.12. The number of aromatic nitrogens is 2. The number of nitrogens with zero attached hydrogens (tertiary/aromatic N) is 1. The predicted molar refractivity (Wildman–Crippen MR) is 63.6 cm³/mol. The van der Waals surface area contributed by atoms with Crippen molar-refractivity contribution in [1.29, 1.82) is 0 Å². The van der Waals surface area contributed by atoms with Gasteiger partial charge in [-0.05, 0) is 19.4 Å². The van der Waals surface area contributed by atoms with Crippen LogP contribution in [0.2, 0.25) is 0 Å². The van der Waals surface area contributed by atoms with E-state index in [2.05, 4.69) is 15.5 Å². The van der Waals surface area contributed by atoms with Gasteiger partial charge >= 0.3 is 0 Å². The molecule has 0 aromatic carbocycles. The van der Waals surface area contributed by atoms with Gasteiger partial charge < -0.3 is 11.1 Å². The third-order valence-electron chi connectivity index (χ3n) is 2.55. The minimum atomic E-state index is 0.423. The highest BCUT2D eigenvalue weighted by atomic mass is 15.2. The van der Waals surface area contributed by atoms with Crippen molar-refractivity contribution >= 4 is 5.82 Å². The Labute approximate surface area is 91.6 Å².